The van der Waals surface area contributed by atoms with Crippen LogP contribution in [0.2, 0.25) is 5.28 Å². The Kier molecular flexibility index (Phi) is 3.17. The van der Waals surface area contributed by atoms with Gasteiger partial charge in [0.1, 0.15) is 0 Å². The van der Waals surface area contributed by atoms with E-state index in [1.807, 2.05) is 26.0 Å². The van der Waals surface area contributed by atoms with Crippen molar-refractivity contribution in [2.75, 3.05) is 0 Å². The number of halogens is 1. The van der Waals surface area contributed by atoms with Crippen LogP contribution in [0.3, 0.4) is 0 Å². The lowest BCUT2D eigenvalue weighted by Gasteiger charge is -2.12. The van der Waals surface area contributed by atoms with Crippen molar-refractivity contribution in [1.82, 2.24) is 9.55 Å². The molecule has 1 aromatic carbocycles. The Hall–Kier alpha value is -1.39. The van der Waals surface area contributed by atoms with Crippen LogP contribution in [-0.4, -0.2) is 15.6 Å². The summed E-state index contributed by atoms with van der Waals surface area (Å²) < 4.78 is 1.42. The maximum absolute atomic E-state index is 12.3. The molecule has 0 radical (unpaired) electrons. The van der Waals surface area contributed by atoms with Crippen LogP contribution in [0.5, 0.6) is 0 Å². The molecule has 2 N–H and O–H groups in total. The second-order valence-electron chi connectivity index (χ2n) is 4.24. The zero-order valence-electron chi connectivity index (χ0n) is 9.77. The van der Waals surface area contributed by atoms with E-state index in [0.29, 0.717) is 17.4 Å². The molecule has 0 fully saturated rings. The number of hydrogen-bond acceptors (Lipinski definition) is 3. The van der Waals surface area contributed by atoms with Gasteiger partial charge in [0.2, 0.25) is 5.28 Å². The van der Waals surface area contributed by atoms with Crippen LogP contribution in [0.15, 0.2) is 23.0 Å². The predicted molar refractivity (Wildman–Crippen MR) is 69.4 cm³/mol. The van der Waals surface area contributed by atoms with E-state index in [4.69, 9.17) is 17.3 Å². The third-order valence-corrected chi connectivity index (χ3v) is 2.90. The number of aromatic nitrogens is 2. The molecule has 2 rings (SSSR count). The molecule has 5 heteroatoms. The zero-order valence-corrected chi connectivity index (χ0v) is 10.5. The molecule has 0 aliphatic carbocycles. The molecule has 1 aromatic heterocycles. The van der Waals surface area contributed by atoms with E-state index in [2.05, 4.69) is 4.98 Å². The standard InChI is InChI=1S/C12H14ClN3O/c1-7-4-3-5-9-10(7)11(17)16(6-8(2)14)12(13)15-9/h3-5,8H,6,14H2,1-2H3. The lowest BCUT2D eigenvalue weighted by molar-refractivity contribution is 0.571. The summed E-state index contributed by atoms with van der Waals surface area (Å²) in [5, 5.41) is 0.794. The topological polar surface area (TPSA) is 60.9 Å². The Bertz CT molecular complexity index is 619. The maximum atomic E-state index is 12.3. The van der Waals surface area contributed by atoms with Crippen LogP contribution >= 0.6 is 11.6 Å². The van der Waals surface area contributed by atoms with E-state index in [1.54, 1.807) is 6.07 Å². The molecule has 0 saturated heterocycles. The lowest BCUT2D eigenvalue weighted by Crippen LogP contribution is -2.31. The molecule has 0 aliphatic rings. The normalized spacial score (nSPS) is 12.9. The van der Waals surface area contributed by atoms with Gasteiger partial charge in [-0.1, -0.05) is 12.1 Å². The molecule has 1 unspecified atom stereocenters. The van der Waals surface area contributed by atoms with Gasteiger partial charge in [-0.05, 0) is 37.1 Å². The van der Waals surface area contributed by atoms with E-state index in [1.165, 1.54) is 4.57 Å². The highest BCUT2D eigenvalue weighted by Crippen LogP contribution is 2.15. The predicted octanol–water partition coefficient (Wildman–Crippen LogP) is 1.71. The Balaban J connectivity index is 2.79. The summed E-state index contributed by atoms with van der Waals surface area (Å²) in [7, 11) is 0. The maximum Gasteiger partial charge on any atom is 0.262 e. The average molecular weight is 252 g/mol. The number of rotatable bonds is 2. The fraction of sp³-hybridized carbons (Fsp3) is 0.333. The van der Waals surface area contributed by atoms with Crippen LogP contribution < -0.4 is 11.3 Å². The smallest absolute Gasteiger partial charge is 0.262 e. The minimum atomic E-state index is -0.145. The van der Waals surface area contributed by atoms with E-state index in [0.717, 1.165) is 5.56 Å². The van der Waals surface area contributed by atoms with Gasteiger partial charge in [-0.2, -0.15) is 0 Å². The third kappa shape index (κ3) is 2.18. The first kappa shape index (κ1) is 12.1. The summed E-state index contributed by atoms with van der Waals surface area (Å²) in [6.45, 7) is 4.08. The van der Waals surface area contributed by atoms with Crippen molar-refractivity contribution in [3.63, 3.8) is 0 Å². The van der Waals surface area contributed by atoms with Gasteiger partial charge >= 0.3 is 0 Å². The van der Waals surface area contributed by atoms with Gasteiger partial charge in [0.25, 0.3) is 5.56 Å². The van der Waals surface area contributed by atoms with Crippen LogP contribution in [-0.2, 0) is 6.54 Å². The summed E-state index contributed by atoms with van der Waals surface area (Å²) in [5.41, 5.74) is 7.09. The van der Waals surface area contributed by atoms with Crippen molar-refractivity contribution in [3.8, 4) is 0 Å². The molecule has 0 spiro atoms. The number of nitrogens with zero attached hydrogens (tertiary/aromatic N) is 2. The molecule has 1 heterocycles. The van der Waals surface area contributed by atoms with Gasteiger partial charge in [-0.15, -0.1) is 0 Å². The molecule has 0 aliphatic heterocycles. The van der Waals surface area contributed by atoms with Gasteiger partial charge in [-0.3, -0.25) is 9.36 Å². The first-order valence-corrected chi connectivity index (χ1v) is 5.79. The van der Waals surface area contributed by atoms with E-state index < -0.39 is 0 Å². The Morgan fingerprint density at radius 1 is 1.53 bits per heavy atom. The quantitative estimate of drug-likeness (QED) is 0.827. The first-order chi connectivity index (χ1) is 8.00. The van der Waals surface area contributed by atoms with E-state index in [-0.39, 0.29) is 16.9 Å². The number of benzene rings is 1. The fourth-order valence-corrected chi connectivity index (χ4v) is 2.09. The van der Waals surface area contributed by atoms with Crippen molar-refractivity contribution in [2.24, 2.45) is 5.73 Å². The van der Waals surface area contributed by atoms with Crippen molar-refractivity contribution in [3.05, 3.63) is 39.4 Å². The Labute approximate surface area is 104 Å². The zero-order chi connectivity index (χ0) is 12.6. The minimum absolute atomic E-state index is 0.129. The van der Waals surface area contributed by atoms with Crippen LogP contribution in [0.1, 0.15) is 12.5 Å². The number of aryl methyl sites for hydroxylation is 1. The van der Waals surface area contributed by atoms with Crippen LogP contribution in [0, 0.1) is 6.92 Å². The summed E-state index contributed by atoms with van der Waals surface area (Å²) in [6.07, 6.45) is 0. The molecular formula is C12H14ClN3O. The van der Waals surface area contributed by atoms with Crippen molar-refractivity contribution < 1.29 is 0 Å². The summed E-state index contributed by atoms with van der Waals surface area (Å²) >= 11 is 6.00. The van der Waals surface area contributed by atoms with E-state index in [9.17, 15) is 4.79 Å². The molecule has 1 atom stereocenters. The van der Waals surface area contributed by atoms with Crippen LogP contribution in [0.4, 0.5) is 0 Å². The number of nitrogens with two attached hydrogens (primary N) is 1. The Morgan fingerprint density at radius 2 is 2.24 bits per heavy atom. The average Bonchev–Trinajstić information content (AvgIpc) is 2.23. The second-order valence-corrected chi connectivity index (χ2v) is 4.58. The van der Waals surface area contributed by atoms with Gasteiger partial charge in [0.15, 0.2) is 0 Å². The molecule has 17 heavy (non-hydrogen) atoms. The highest BCUT2D eigenvalue weighted by atomic mass is 35.5. The molecular weight excluding hydrogens is 238 g/mol. The van der Waals surface area contributed by atoms with Gasteiger partial charge < -0.3 is 5.73 Å². The van der Waals surface area contributed by atoms with E-state index >= 15 is 0 Å². The molecule has 0 amide bonds. The molecule has 0 bridgehead atoms. The fourth-order valence-electron chi connectivity index (χ4n) is 1.85. The molecule has 90 valence electrons. The molecule has 4 nitrogen and oxygen atoms in total. The largest absolute Gasteiger partial charge is 0.326 e. The highest BCUT2D eigenvalue weighted by molar-refractivity contribution is 6.28. The van der Waals surface area contributed by atoms with Gasteiger partial charge in [0, 0.05) is 12.6 Å². The van der Waals surface area contributed by atoms with Gasteiger partial charge in [0.05, 0.1) is 10.9 Å². The third-order valence-electron chi connectivity index (χ3n) is 2.62. The van der Waals surface area contributed by atoms with Crippen molar-refractivity contribution in [1.29, 1.82) is 0 Å². The van der Waals surface area contributed by atoms with Crippen LogP contribution in [0.25, 0.3) is 10.9 Å². The number of fused-ring (bicyclic) bond motifs is 1. The molecule has 2 aromatic rings. The summed E-state index contributed by atoms with van der Waals surface area (Å²) in [6, 6.07) is 5.38. The lowest BCUT2D eigenvalue weighted by atomic mass is 10.1. The Morgan fingerprint density at radius 3 is 2.88 bits per heavy atom. The van der Waals surface area contributed by atoms with Crippen molar-refractivity contribution in [2.45, 2.75) is 26.4 Å². The number of hydrogen-bond donors (Lipinski definition) is 1. The summed E-state index contributed by atoms with van der Waals surface area (Å²) in [4.78, 5) is 16.5. The summed E-state index contributed by atoms with van der Waals surface area (Å²) in [5.74, 6) is 0. The molecule has 0 saturated carbocycles. The highest BCUT2D eigenvalue weighted by Gasteiger charge is 2.11. The van der Waals surface area contributed by atoms with Gasteiger partial charge in [-0.25, -0.2) is 4.98 Å². The SMILES string of the molecule is Cc1cccc2nc(Cl)n(CC(C)N)c(=O)c12. The first-order valence-electron chi connectivity index (χ1n) is 5.42. The van der Waals surface area contributed by atoms with Crippen molar-refractivity contribution >= 4 is 22.5 Å². The second kappa shape index (κ2) is 4.47. The minimum Gasteiger partial charge on any atom is -0.326 e. The monoisotopic (exact) mass is 251 g/mol.